The second kappa shape index (κ2) is 4.68. The number of fused-ring (bicyclic) bond motifs is 1. The summed E-state index contributed by atoms with van der Waals surface area (Å²) in [4.78, 5) is 2.04. The van der Waals surface area contributed by atoms with Gasteiger partial charge in [-0.1, -0.05) is 0 Å². The van der Waals surface area contributed by atoms with Crippen LogP contribution in [0.1, 0.15) is 5.56 Å². The molecule has 2 aliphatic heterocycles. The normalized spacial score (nSPS) is 20.5. The average molecular weight is 259 g/mol. The fourth-order valence-electron chi connectivity index (χ4n) is 2.13. The Bertz CT molecular complexity index is 563. The molecule has 0 aliphatic carbocycles. The van der Waals surface area contributed by atoms with E-state index in [2.05, 4.69) is 5.32 Å². The van der Waals surface area contributed by atoms with Crippen LogP contribution in [0.2, 0.25) is 0 Å². The van der Waals surface area contributed by atoms with Crippen LogP contribution in [0, 0.1) is 0 Å². The molecule has 0 aromatic heterocycles. The lowest BCUT2D eigenvalue weighted by Gasteiger charge is -2.22. The largest absolute Gasteiger partial charge is 0.463 e. The second-order valence-electron chi connectivity index (χ2n) is 4.34. The zero-order valence-electron chi connectivity index (χ0n) is 10.2. The number of benzene rings is 1. The summed E-state index contributed by atoms with van der Waals surface area (Å²) in [6.45, 7) is -0.814. The summed E-state index contributed by atoms with van der Waals surface area (Å²) in [5, 5.41) is 3.36. The van der Waals surface area contributed by atoms with E-state index in [0.717, 1.165) is 17.0 Å². The van der Waals surface area contributed by atoms with Crippen LogP contribution in [0.3, 0.4) is 0 Å². The topological polar surface area (TPSA) is 50.5 Å². The van der Waals surface area contributed by atoms with Gasteiger partial charge in [0.15, 0.2) is 0 Å². The van der Waals surface area contributed by atoms with Gasteiger partial charge in [-0.2, -0.15) is 0 Å². The van der Waals surface area contributed by atoms with Crippen LogP contribution in [-0.2, 0) is 0 Å². The van der Waals surface area contributed by atoms with Crippen molar-refractivity contribution in [3.63, 3.8) is 0 Å². The Balaban J connectivity index is 1.79. The minimum Gasteiger partial charge on any atom is -0.463 e. The molecule has 5 heteroatoms. The quantitative estimate of drug-likeness (QED) is 0.870. The van der Waals surface area contributed by atoms with Crippen molar-refractivity contribution >= 4 is 5.70 Å². The highest BCUT2D eigenvalue weighted by molar-refractivity contribution is 5.67. The number of nitrogens with one attached hydrogen (secondary N) is 1. The van der Waals surface area contributed by atoms with Crippen LogP contribution < -0.4 is 15.8 Å². The van der Waals surface area contributed by atoms with Crippen LogP contribution in [0.25, 0.3) is 5.70 Å². The van der Waals surface area contributed by atoms with E-state index in [1.165, 1.54) is 0 Å². The van der Waals surface area contributed by atoms with Gasteiger partial charge < -0.3 is 20.7 Å². The molecule has 1 aromatic rings. The van der Waals surface area contributed by atoms with Gasteiger partial charge in [-0.15, -0.1) is 0 Å². The lowest BCUT2D eigenvalue weighted by atomic mass is 10.1. The fraction of sp³-hybridized carbons (Fsp3) is 0.143. The highest BCUT2D eigenvalue weighted by Gasteiger charge is 2.23. The van der Waals surface area contributed by atoms with Crippen molar-refractivity contribution in [2.75, 3.05) is 6.86 Å². The molecule has 3 N–H and O–H groups in total. The number of allylic oxidation sites excluding steroid dienone is 1. The first-order valence-corrected chi connectivity index (χ1v) is 5.97. The molecule has 0 spiro atoms. The predicted octanol–water partition coefficient (Wildman–Crippen LogP) is 1.89. The monoisotopic (exact) mass is 259 g/mol. The standard InChI is InChI=1S/C14H14FN3O/c15-9-19-12-3-1-10(2-4-12)13-8-18-6-5-11(16)7-14(18)17-13/h1-8,14,17H,9,16H2. The molecule has 1 unspecified atom stereocenters. The molecule has 2 heterocycles. The third-order valence-electron chi connectivity index (χ3n) is 3.08. The van der Waals surface area contributed by atoms with Crippen LogP contribution in [-0.4, -0.2) is 17.9 Å². The molecule has 98 valence electrons. The van der Waals surface area contributed by atoms with Crippen molar-refractivity contribution < 1.29 is 9.13 Å². The molecule has 4 nitrogen and oxygen atoms in total. The number of ether oxygens (including phenoxy) is 1. The number of nitrogens with zero attached hydrogens (tertiary/aromatic N) is 1. The Kier molecular flexibility index (Phi) is 2.87. The number of hydrogen-bond donors (Lipinski definition) is 2. The third-order valence-corrected chi connectivity index (χ3v) is 3.08. The maximum absolute atomic E-state index is 12.0. The van der Waals surface area contributed by atoms with Crippen molar-refractivity contribution in [3.8, 4) is 5.75 Å². The number of nitrogens with two attached hydrogens (primary N) is 1. The average Bonchev–Trinajstić information content (AvgIpc) is 2.83. The minimum absolute atomic E-state index is 0.0572. The predicted molar refractivity (Wildman–Crippen MR) is 71.2 cm³/mol. The second-order valence-corrected chi connectivity index (χ2v) is 4.34. The number of halogens is 1. The van der Waals surface area contributed by atoms with E-state index in [1.807, 2.05) is 41.6 Å². The van der Waals surface area contributed by atoms with Gasteiger partial charge in [-0.3, -0.25) is 0 Å². The van der Waals surface area contributed by atoms with Gasteiger partial charge in [0, 0.05) is 18.1 Å². The fourth-order valence-corrected chi connectivity index (χ4v) is 2.13. The number of hydrogen-bond acceptors (Lipinski definition) is 4. The molecule has 0 saturated heterocycles. The van der Waals surface area contributed by atoms with Gasteiger partial charge in [-0.05, 0) is 42.0 Å². The molecule has 1 aromatic carbocycles. The highest BCUT2D eigenvalue weighted by Crippen LogP contribution is 2.25. The van der Waals surface area contributed by atoms with Crippen molar-refractivity contribution in [3.05, 3.63) is 60.1 Å². The Labute approximate surface area is 110 Å². The molecule has 0 radical (unpaired) electrons. The van der Waals surface area contributed by atoms with Crippen molar-refractivity contribution in [2.24, 2.45) is 5.73 Å². The van der Waals surface area contributed by atoms with E-state index in [9.17, 15) is 4.39 Å². The first-order chi connectivity index (χ1) is 9.26. The Hall–Kier alpha value is -2.43. The first kappa shape index (κ1) is 11.6. The van der Waals surface area contributed by atoms with E-state index in [4.69, 9.17) is 10.5 Å². The van der Waals surface area contributed by atoms with Gasteiger partial charge in [0.2, 0.25) is 6.86 Å². The molecule has 19 heavy (non-hydrogen) atoms. The van der Waals surface area contributed by atoms with E-state index in [-0.39, 0.29) is 6.17 Å². The number of alkyl halides is 1. The molecule has 0 amide bonds. The van der Waals surface area contributed by atoms with Gasteiger partial charge in [0.1, 0.15) is 11.9 Å². The van der Waals surface area contributed by atoms with Crippen molar-refractivity contribution in [2.45, 2.75) is 6.17 Å². The molecule has 0 bridgehead atoms. The Morgan fingerprint density at radius 1 is 1.32 bits per heavy atom. The summed E-state index contributed by atoms with van der Waals surface area (Å²) in [6, 6.07) is 7.27. The van der Waals surface area contributed by atoms with E-state index < -0.39 is 6.86 Å². The molecule has 0 fully saturated rings. The summed E-state index contributed by atoms with van der Waals surface area (Å²) >= 11 is 0. The molecule has 2 aliphatic rings. The van der Waals surface area contributed by atoms with Crippen LogP contribution in [0.5, 0.6) is 5.75 Å². The minimum atomic E-state index is -0.814. The zero-order chi connectivity index (χ0) is 13.2. The zero-order valence-corrected chi connectivity index (χ0v) is 10.2. The Morgan fingerprint density at radius 3 is 2.84 bits per heavy atom. The van der Waals surface area contributed by atoms with Gasteiger partial charge in [-0.25, -0.2) is 4.39 Å². The summed E-state index contributed by atoms with van der Waals surface area (Å²) in [5.74, 6) is 0.520. The van der Waals surface area contributed by atoms with Gasteiger partial charge in [0.05, 0.1) is 5.70 Å². The van der Waals surface area contributed by atoms with E-state index >= 15 is 0 Å². The van der Waals surface area contributed by atoms with Gasteiger partial charge in [0.25, 0.3) is 0 Å². The summed E-state index contributed by atoms with van der Waals surface area (Å²) < 4.78 is 16.8. The van der Waals surface area contributed by atoms with E-state index in [0.29, 0.717) is 5.75 Å². The summed E-state index contributed by atoms with van der Waals surface area (Å²) in [6.07, 6.45) is 7.80. The lowest BCUT2D eigenvalue weighted by molar-refractivity contribution is 0.192. The molecule has 1 atom stereocenters. The highest BCUT2D eigenvalue weighted by atomic mass is 19.1. The lowest BCUT2D eigenvalue weighted by Crippen LogP contribution is -2.33. The van der Waals surface area contributed by atoms with Crippen molar-refractivity contribution in [1.29, 1.82) is 0 Å². The smallest absolute Gasteiger partial charge is 0.228 e. The van der Waals surface area contributed by atoms with Crippen molar-refractivity contribution in [1.82, 2.24) is 10.2 Å². The number of rotatable bonds is 3. The Morgan fingerprint density at radius 2 is 2.11 bits per heavy atom. The van der Waals surface area contributed by atoms with Crippen LogP contribution >= 0.6 is 0 Å². The van der Waals surface area contributed by atoms with E-state index in [1.54, 1.807) is 12.1 Å². The van der Waals surface area contributed by atoms with Crippen LogP contribution in [0.15, 0.2) is 54.5 Å². The summed E-state index contributed by atoms with van der Waals surface area (Å²) in [7, 11) is 0. The SMILES string of the molecule is NC1=CC2NC(c3ccc(OCF)cc3)=CN2C=C1. The molecular weight excluding hydrogens is 245 g/mol. The van der Waals surface area contributed by atoms with Crippen LogP contribution in [0.4, 0.5) is 4.39 Å². The molecule has 3 rings (SSSR count). The maximum Gasteiger partial charge on any atom is 0.228 e. The summed E-state index contributed by atoms with van der Waals surface area (Å²) in [5.41, 5.74) is 8.51. The maximum atomic E-state index is 12.0. The third kappa shape index (κ3) is 2.27. The molecular formula is C14H14FN3O. The molecule has 0 saturated carbocycles. The first-order valence-electron chi connectivity index (χ1n) is 5.97. The van der Waals surface area contributed by atoms with Gasteiger partial charge >= 0.3 is 0 Å².